The maximum absolute atomic E-state index is 5.32. The van der Waals surface area contributed by atoms with Crippen LogP contribution in [0.3, 0.4) is 0 Å². The van der Waals surface area contributed by atoms with Crippen LogP contribution in [0.4, 0.5) is 0 Å². The number of quaternary nitrogens is 4. The van der Waals surface area contributed by atoms with Gasteiger partial charge in [-0.05, 0) is 51.4 Å². The molecule has 0 aromatic carbocycles. The molecule has 0 atom stereocenters. The van der Waals surface area contributed by atoms with Crippen molar-refractivity contribution >= 4 is 178 Å². The molecule has 0 aliphatic heterocycles. The number of nitrogens with zero attached hydrogens (tertiary/aromatic N) is 4. The van der Waals surface area contributed by atoms with E-state index in [1.807, 2.05) is 0 Å². The summed E-state index contributed by atoms with van der Waals surface area (Å²) in [4.78, 5) is 0. The topological polar surface area (TPSA) is 0 Å². The molecule has 0 fully saturated rings. The number of thiocarbonyl (C=S) groups is 4. The van der Waals surface area contributed by atoms with Crippen LogP contribution in [-0.2, 0) is 120 Å². The van der Waals surface area contributed by atoms with Gasteiger partial charge in [0.05, 0.1) is 52.4 Å². The van der Waals surface area contributed by atoms with Crippen molar-refractivity contribution in [3.63, 3.8) is 0 Å². The average molecular weight is 962 g/mol. The van der Waals surface area contributed by atoms with E-state index in [4.69, 9.17) is 151 Å². The molecule has 272 valence electrons. The Morgan fingerprint density at radius 2 is 0.435 bits per heavy atom. The van der Waals surface area contributed by atoms with Gasteiger partial charge in [0.2, 0.25) is 0 Å². The van der Waals surface area contributed by atoms with Gasteiger partial charge in [-0.3, -0.25) is 0 Å². The van der Waals surface area contributed by atoms with Gasteiger partial charge in [-0.1, -0.05) is 55.4 Å². The van der Waals surface area contributed by atoms with Gasteiger partial charge >= 0.3 is 27.8 Å². The Balaban J connectivity index is -0.000000159. The van der Waals surface area contributed by atoms with Crippen molar-refractivity contribution in [2.45, 2.75) is 107 Å². The van der Waals surface area contributed by atoms with Gasteiger partial charge in [0.15, 0.2) is 0 Å². The van der Waals surface area contributed by atoms with Crippen LogP contribution in [0.15, 0.2) is 0 Å². The predicted molar refractivity (Wildman–Crippen MR) is 239 cm³/mol. The summed E-state index contributed by atoms with van der Waals surface area (Å²) in [6.07, 6.45) is 8.34. The Morgan fingerprint density at radius 3 is 0.478 bits per heavy atom. The normalized spacial score (nSPS) is 11.2. The molecule has 0 aliphatic carbocycles. The van der Waals surface area contributed by atoms with E-state index in [0.29, 0.717) is 32.8 Å². The molecule has 0 saturated carbocycles. The van der Waals surface area contributed by atoms with Crippen molar-refractivity contribution in [1.82, 2.24) is 0 Å². The van der Waals surface area contributed by atoms with Crippen LogP contribution in [0.25, 0.3) is 0 Å². The van der Waals surface area contributed by atoms with E-state index < -0.39 is 0 Å². The molecule has 0 aromatic rings. The van der Waals surface area contributed by atoms with Crippen molar-refractivity contribution in [3.05, 3.63) is 0 Å². The minimum atomic E-state index is 0.373. The molecule has 0 spiro atoms. The molecule has 0 unspecified atom stereocenters. The molecule has 0 aromatic heterocycles. The third-order valence-corrected chi connectivity index (χ3v) is 11.9. The van der Waals surface area contributed by atoms with Gasteiger partial charge in [-0.25, -0.2) is 0 Å². The van der Waals surface area contributed by atoms with Crippen molar-refractivity contribution in [2.75, 3.05) is 52.4 Å². The third-order valence-electron chi connectivity index (χ3n) is 6.01. The first-order valence-corrected chi connectivity index (χ1v) is 23.1. The van der Waals surface area contributed by atoms with E-state index in [-0.39, 0.29) is 0 Å². The minimum absolute atomic E-state index is 0.373. The number of hydrogen-bond donors (Lipinski definition) is 0. The first kappa shape index (κ1) is 58.7. The molecular formula is C28H56MoN4S13. The van der Waals surface area contributed by atoms with Crippen LogP contribution in [-0.4, -0.2) is 85.2 Å². The molecule has 0 saturated heterocycles. The summed E-state index contributed by atoms with van der Waals surface area (Å²) >= 11 is 62.4. The number of rotatable bonds is 16. The molecule has 0 amide bonds. The standard InChI is InChI=1S/4C7H15NS3.Mo.S/c4*1-3-5-8(11,6-4-2)7(9)10;;/h4*3-6H2,1-2H3,(H,9,10);;/q;;;;+4;/p-4. The summed E-state index contributed by atoms with van der Waals surface area (Å²) in [5.74, 6) is 0. The molecule has 4 nitrogen and oxygen atoms in total. The molecule has 0 radical (unpaired) electrons. The first-order valence-electron chi connectivity index (χ1n) is 15.6. The van der Waals surface area contributed by atoms with E-state index in [9.17, 15) is 0 Å². The zero-order chi connectivity index (χ0) is 37.6. The van der Waals surface area contributed by atoms with Gasteiger partial charge in [0, 0.05) is 17.3 Å². The van der Waals surface area contributed by atoms with E-state index in [1.54, 1.807) is 0 Å². The SMILES string of the molecule is CCC[N+]([S-])(CCC)C(=S)[S-].CCC[N+]([S-])(CCC)C(=S)[S-].CCC[N+]([S-])(CCC)C(=S)[S-].CCC[N+]([S-])(CCC)C(=S)[S-].[S]=[Mo+4]. The van der Waals surface area contributed by atoms with Crippen molar-refractivity contribution in [2.24, 2.45) is 0 Å². The third kappa shape index (κ3) is 28.9. The van der Waals surface area contributed by atoms with Crippen LogP contribution < -0.4 is 0 Å². The first-order chi connectivity index (χ1) is 21.3. The van der Waals surface area contributed by atoms with E-state index in [2.05, 4.69) is 65.2 Å². The molecule has 0 rings (SSSR count). The van der Waals surface area contributed by atoms with Gasteiger partial charge in [-0.2, -0.15) is 0 Å². The Kier molecular flexibility index (Phi) is 45.2. The predicted octanol–water partition coefficient (Wildman–Crippen LogP) is 8.31. The summed E-state index contributed by atoms with van der Waals surface area (Å²) in [6.45, 7) is 24.0. The monoisotopic (exact) mass is 962 g/mol. The van der Waals surface area contributed by atoms with E-state index in [1.165, 1.54) is 18.0 Å². The summed E-state index contributed by atoms with van der Waals surface area (Å²) in [5.41, 5.74) is 0. The molecule has 0 heterocycles. The molecule has 46 heavy (non-hydrogen) atoms. The van der Waals surface area contributed by atoms with Crippen molar-refractivity contribution in [1.29, 1.82) is 0 Å². The summed E-state index contributed by atoms with van der Waals surface area (Å²) in [6, 6.07) is 0. The van der Waals surface area contributed by atoms with Gasteiger partial charge < -0.3 is 166 Å². The van der Waals surface area contributed by atoms with Crippen molar-refractivity contribution < 1.29 is 33.5 Å². The molecule has 0 N–H and O–H groups in total. The molecule has 18 heteroatoms. The Morgan fingerprint density at radius 1 is 0.348 bits per heavy atom. The fraction of sp³-hybridized carbons (Fsp3) is 0.857. The second kappa shape index (κ2) is 35.4. The summed E-state index contributed by atoms with van der Waals surface area (Å²) in [7, 11) is 4.09. The van der Waals surface area contributed by atoms with Crippen LogP contribution in [0.2, 0.25) is 0 Å². The van der Waals surface area contributed by atoms with Crippen LogP contribution in [0.5, 0.6) is 0 Å². The summed E-state index contributed by atoms with van der Waals surface area (Å²) in [5, 5.41) is 0. The van der Waals surface area contributed by atoms with Crippen molar-refractivity contribution in [3.8, 4) is 0 Å². The molecule has 0 aliphatic rings. The van der Waals surface area contributed by atoms with Crippen LogP contribution in [0.1, 0.15) is 107 Å². The fourth-order valence-electron chi connectivity index (χ4n) is 4.07. The Hall–Kier alpha value is 3.39. The zero-order valence-corrected chi connectivity index (χ0v) is 41.4. The quantitative estimate of drug-likeness (QED) is 0.0632. The zero-order valence-electron chi connectivity index (χ0n) is 28.8. The van der Waals surface area contributed by atoms with E-state index >= 15 is 0 Å². The average Bonchev–Trinajstić information content (AvgIpc) is 2.96. The Labute approximate surface area is 366 Å². The Bertz CT molecular complexity index is 670. The maximum atomic E-state index is 5.32. The molecule has 0 bridgehead atoms. The van der Waals surface area contributed by atoms with Crippen LogP contribution >= 0.6 is 58.7 Å². The molecular weight excluding hydrogens is 905 g/mol. The van der Waals surface area contributed by atoms with Crippen LogP contribution in [0, 0.1) is 0 Å². The van der Waals surface area contributed by atoms with Gasteiger partial charge in [0.25, 0.3) is 0 Å². The second-order valence-corrected chi connectivity index (χ2v) is 17.3. The summed E-state index contributed by atoms with van der Waals surface area (Å²) < 4.78 is 3.56. The van der Waals surface area contributed by atoms with Gasteiger partial charge in [-0.15, -0.1) is 0 Å². The fourth-order valence-corrected chi connectivity index (χ4v) is 6.99. The van der Waals surface area contributed by atoms with E-state index in [0.717, 1.165) is 104 Å². The number of hydrogen-bond acceptors (Lipinski definition) is 13. The van der Waals surface area contributed by atoms with Gasteiger partial charge in [0.1, 0.15) is 0 Å². The second-order valence-electron chi connectivity index (χ2n) is 10.4.